The van der Waals surface area contributed by atoms with Gasteiger partial charge in [0.15, 0.2) is 0 Å². The first-order chi connectivity index (χ1) is 9.72. The van der Waals surface area contributed by atoms with Gasteiger partial charge in [-0.3, -0.25) is 0 Å². The van der Waals surface area contributed by atoms with Gasteiger partial charge in [0.1, 0.15) is 0 Å². The summed E-state index contributed by atoms with van der Waals surface area (Å²) < 4.78 is 51.2. The summed E-state index contributed by atoms with van der Waals surface area (Å²) in [5, 5.41) is 3.03. The van der Waals surface area contributed by atoms with Gasteiger partial charge in [0, 0.05) is 12.6 Å². The minimum atomic E-state index is -3.73. The summed E-state index contributed by atoms with van der Waals surface area (Å²) in [6.07, 6.45) is 0. The molecule has 0 aliphatic heterocycles. The maximum atomic E-state index is 12.1. The first kappa shape index (κ1) is 18.1. The maximum Gasteiger partial charge on any atom is 0.240 e. The smallest absolute Gasteiger partial charge is 0.240 e. The lowest BCUT2D eigenvalue weighted by Crippen LogP contribution is -2.33. The first-order valence-corrected chi connectivity index (χ1v) is 9.53. The Kier molecular flexibility index (Phi) is 6.29. The van der Waals surface area contributed by atoms with Gasteiger partial charge in [-0.25, -0.2) is 26.3 Å². The molecule has 1 atom stereocenters. The minimum absolute atomic E-state index is 0.0184. The van der Waals surface area contributed by atoms with Crippen molar-refractivity contribution in [3.05, 3.63) is 29.8 Å². The molecule has 1 aromatic carbocycles. The van der Waals surface area contributed by atoms with E-state index in [4.69, 9.17) is 0 Å². The van der Waals surface area contributed by atoms with E-state index >= 15 is 0 Å². The second-order valence-electron chi connectivity index (χ2n) is 4.50. The molecule has 0 fully saturated rings. The predicted molar refractivity (Wildman–Crippen MR) is 82.0 cm³/mol. The van der Waals surface area contributed by atoms with Gasteiger partial charge in [-0.05, 0) is 38.7 Å². The van der Waals surface area contributed by atoms with Gasteiger partial charge in [0.25, 0.3) is 0 Å². The summed E-state index contributed by atoms with van der Waals surface area (Å²) >= 11 is 0. The van der Waals surface area contributed by atoms with Crippen LogP contribution in [0.1, 0.15) is 18.5 Å². The predicted octanol–water partition coefficient (Wildman–Crippen LogP) is -0.205. The zero-order valence-corrected chi connectivity index (χ0v) is 13.9. The van der Waals surface area contributed by atoms with Crippen molar-refractivity contribution >= 4 is 20.0 Å². The van der Waals surface area contributed by atoms with Gasteiger partial charge >= 0.3 is 0 Å². The Bertz CT molecular complexity index is 671. The highest BCUT2D eigenvalue weighted by Crippen LogP contribution is 2.16. The fourth-order valence-electron chi connectivity index (χ4n) is 1.61. The third-order valence-electron chi connectivity index (χ3n) is 3.08. The molecule has 1 unspecified atom stereocenters. The highest BCUT2D eigenvalue weighted by Gasteiger charge is 2.16. The molecule has 1 rings (SSSR count). The molecule has 0 aliphatic rings. The van der Waals surface area contributed by atoms with Crippen molar-refractivity contribution in [2.45, 2.75) is 17.9 Å². The highest BCUT2D eigenvalue weighted by molar-refractivity contribution is 7.90. The lowest BCUT2D eigenvalue weighted by atomic mass is 10.1. The Morgan fingerprint density at radius 1 is 1.14 bits per heavy atom. The number of benzene rings is 1. The maximum absolute atomic E-state index is 12.1. The summed E-state index contributed by atoms with van der Waals surface area (Å²) in [4.78, 5) is 0.115. The normalized spacial score (nSPS) is 14.0. The average Bonchev–Trinajstić information content (AvgIpc) is 2.46. The fourth-order valence-corrected chi connectivity index (χ4v) is 3.40. The molecule has 1 aromatic rings. The van der Waals surface area contributed by atoms with E-state index in [1.165, 1.54) is 13.1 Å². The van der Waals surface area contributed by atoms with Crippen LogP contribution in [0.3, 0.4) is 0 Å². The Labute approximate surface area is 126 Å². The molecule has 9 heteroatoms. The van der Waals surface area contributed by atoms with Gasteiger partial charge < -0.3 is 5.32 Å². The van der Waals surface area contributed by atoms with Crippen molar-refractivity contribution in [1.29, 1.82) is 0 Å². The van der Waals surface area contributed by atoms with Crippen molar-refractivity contribution in [3.63, 3.8) is 0 Å². The van der Waals surface area contributed by atoms with Crippen LogP contribution in [0.2, 0.25) is 0 Å². The Hall–Kier alpha value is -1.00. The van der Waals surface area contributed by atoms with E-state index < -0.39 is 20.0 Å². The molecule has 7 nitrogen and oxygen atoms in total. The Morgan fingerprint density at radius 3 is 2.38 bits per heavy atom. The van der Waals surface area contributed by atoms with Crippen LogP contribution in [0.25, 0.3) is 0 Å². The molecule has 0 radical (unpaired) electrons. The van der Waals surface area contributed by atoms with E-state index in [1.807, 2.05) is 13.0 Å². The number of hydrogen-bond acceptors (Lipinski definition) is 5. The highest BCUT2D eigenvalue weighted by atomic mass is 32.2. The first-order valence-electron chi connectivity index (χ1n) is 6.40. The lowest BCUT2D eigenvalue weighted by molar-refractivity contribution is 0.578. The van der Waals surface area contributed by atoms with Crippen molar-refractivity contribution in [2.24, 2.45) is 0 Å². The van der Waals surface area contributed by atoms with E-state index in [0.29, 0.717) is 0 Å². The summed E-state index contributed by atoms with van der Waals surface area (Å²) in [5.41, 5.74) is 0.836. The quantitative estimate of drug-likeness (QED) is 0.610. The Morgan fingerprint density at radius 2 is 1.81 bits per heavy atom. The number of nitrogens with one attached hydrogen (secondary N) is 3. The molecule has 0 bridgehead atoms. The molecule has 3 N–H and O–H groups in total. The molecule has 0 aliphatic carbocycles. The molecule has 0 saturated heterocycles. The van der Waals surface area contributed by atoms with Crippen LogP contribution in [-0.4, -0.2) is 43.2 Å². The molecule has 120 valence electrons. The van der Waals surface area contributed by atoms with Crippen molar-refractivity contribution in [3.8, 4) is 0 Å². The fraction of sp³-hybridized carbons (Fsp3) is 0.500. The van der Waals surface area contributed by atoms with Gasteiger partial charge in [-0.1, -0.05) is 12.1 Å². The third-order valence-corrected chi connectivity index (χ3v) is 5.90. The van der Waals surface area contributed by atoms with Crippen LogP contribution in [0, 0.1) is 0 Å². The molecule has 0 aromatic heterocycles. The minimum Gasteiger partial charge on any atom is -0.313 e. The van der Waals surface area contributed by atoms with Crippen LogP contribution in [-0.2, 0) is 20.0 Å². The van der Waals surface area contributed by atoms with Gasteiger partial charge in [0.2, 0.25) is 20.0 Å². The zero-order valence-electron chi connectivity index (χ0n) is 12.3. The molecule has 21 heavy (non-hydrogen) atoms. The monoisotopic (exact) mass is 335 g/mol. The summed E-state index contributed by atoms with van der Waals surface area (Å²) in [6, 6.07) is 6.54. The van der Waals surface area contributed by atoms with Crippen molar-refractivity contribution in [2.75, 3.05) is 26.4 Å². The average molecular weight is 335 g/mol. The largest absolute Gasteiger partial charge is 0.313 e. The van der Waals surface area contributed by atoms with E-state index in [9.17, 15) is 16.8 Å². The lowest BCUT2D eigenvalue weighted by Gasteiger charge is -2.12. The van der Waals surface area contributed by atoms with Crippen molar-refractivity contribution < 1.29 is 16.8 Å². The standard InChI is InChI=1S/C12H21N3O4S2/c1-10(13-2)11-5-4-6-12(9-11)21(18,19)15-7-8-20(16,17)14-3/h4-6,9-10,13-15H,7-8H2,1-3H3. The van der Waals surface area contributed by atoms with Crippen LogP contribution in [0.5, 0.6) is 0 Å². The van der Waals surface area contributed by atoms with E-state index in [1.54, 1.807) is 19.2 Å². The van der Waals surface area contributed by atoms with Crippen LogP contribution >= 0.6 is 0 Å². The summed E-state index contributed by atoms with van der Waals surface area (Å²) in [6.45, 7) is 1.73. The second kappa shape index (κ2) is 7.32. The van der Waals surface area contributed by atoms with Crippen LogP contribution < -0.4 is 14.8 Å². The Balaban J connectivity index is 2.84. The van der Waals surface area contributed by atoms with Gasteiger partial charge in [-0.2, -0.15) is 0 Å². The number of rotatable bonds is 8. The summed E-state index contributed by atoms with van der Waals surface area (Å²) in [5.74, 6) is -0.310. The molecular weight excluding hydrogens is 314 g/mol. The number of sulfonamides is 2. The molecule has 0 spiro atoms. The van der Waals surface area contributed by atoms with Gasteiger partial charge in [-0.15, -0.1) is 0 Å². The molecular formula is C12H21N3O4S2. The van der Waals surface area contributed by atoms with Gasteiger partial charge in [0.05, 0.1) is 10.6 Å². The zero-order chi connectivity index (χ0) is 16.1. The number of hydrogen-bond donors (Lipinski definition) is 3. The molecule has 0 saturated carbocycles. The molecule has 0 heterocycles. The molecule has 0 amide bonds. The second-order valence-corrected chi connectivity index (χ2v) is 8.32. The SMILES string of the molecule is CNC(C)c1cccc(S(=O)(=O)NCCS(=O)(=O)NC)c1. The van der Waals surface area contributed by atoms with E-state index in [0.717, 1.165) is 5.56 Å². The summed E-state index contributed by atoms with van der Waals surface area (Å²) in [7, 11) is -4.09. The third kappa shape index (κ3) is 5.36. The van der Waals surface area contributed by atoms with E-state index in [2.05, 4.69) is 14.8 Å². The van der Waals surface area contributed by atoms with E-state index in [-0.39, 0.29) is 23.2 Å². The van der Waals surface area contributed by atoms with Crippen molar-refractivity contribution in [1.82, 2.24) is 14.8 Å². The van der Waals surface area contributed by atoms with Crippen LogP contribution in [0.15, 0.2) is 29.2 Å². The van der Waals surface area contributed by atoms with Crippen LogP contribution in [0.4, 0.5) is 0 Å². The topological polar surface area (TPSA) is 104 Å².